The lowest BCUT2D eigenvalue weighted by Gasteiger charge is -2.14. The van der Waals surface area contributed by atoms with Crippen LogP contribution in [0.4, 0.5) is 4.39 Å². The predicted molar refractivity (Wildman–Crippen MR) is 71.0 cm³/mol. The summed E-state index contributed by atoms with van der Waals surface area (Å²) in [5.41, 5.74) is 1.25. The fourth-order valence-corrected chi connectivity index (χ4v) is 1.98. The van der Waals surface area contributed by atoms with Crippen LogP contribution < -0.4 is 5.32 Å². The van der Waals surface area contributed by atoms with Gasteiger partial charge in [0.25, 0.3) is 0 Å². The zero-order chi connectivity index (χ0) is 12.1. The maximum Gasteiger partial charge on any atom is 0.0906 e. The van der Waals surface area contributed by atoms with Crippen LogP contribution in [0.5, 0.6) is 0 Å². The average Bonchev–Trinajstić information content (AvgIpc) is 2.38. The fourth-order valence-electron chi connectivity index (χ4n) is 1.98. The van der Waals surface area contributed by atoms with Crippen LogP contribution in [0, 0.1) is 0 Å². The first-order valence-electron chi connectivity index (χ1n) is 6.09. The number of benzene rings is 2. The van der Waals surface area contributed by atoms with E-state index in [0.717, 1.165) is 6.54 Å². The Bertz CT molecular complexity index is 481. The highest BCUT2D eigenvalue weighted by Gasteiger charge is 2.04. The normalized spacial score (nSPS) is 12.8. The SMILES string of the molecule is CC(NCCCF)c1ccc2ccccc2c1. The third-order valence-electron chi connectivity index (χ3n) is 3.03. The van der Waals surface area contributed by atoms with E-state index in [4.69, 9.17) is 0 Å². The Morgan fingerprint density at radius 1 is 1.12 bits per heavy atom. The third kappa shape index (κ3) is 3.04. The molecule has 2 rings (SSSR count). The maximum absolute atomic E-state index is 12.0. The van der Waals surface area contributed by atoms with E-state index in [9.17, 15) is 4.39 Å². The molecule has 0 saturated carbocycles. The second-order valence-electron chi connectivity index (χ2n) is 4.32. The molecule has 0 aliphatic rings. The van der Waals surface area contributed by atoms with Crippen molar-refractivity contribution in [1.29, 1.82) is 0 Å². The van der Waals surface area contributed by atoms with Gasteiger partial charge in [0.05, 0.1) is 6.67 Å². The number of nitrogens with one attached hydrogen (secondary N) is 1. The van der Waals surface area contributed by atoms with Gasteiger partial charge in [-0.2, -0.15) is 0 Å². The molecular weight excluding hydrogens is 213 g/mol. The minimum atomic E-state index is -0.253. The first-order valence-corrected chi connectivity index (χ1v) is 6.09. The molecule has 0 spiro atoms. The van der Waals surface area contributed by atoms with Gasteiger partial charge in [-0.15, -0.1) is 0 Å². The minimum absolute atomic E-state index is 0.253. The Morgan fingerprint density at radius 3 is 2.65 bits per heavy atom. The number of hydrogen-bond acceptors (Lipinski definition) is 1. The van der Waals surface area contributed by atoms with Crippen LogP contribution in [0.15, 0.2) is 42.5 Å². The molecule has 1 atom stereocenters. The first kappa shape index (κ1) is 12.1. The summed E-state index contributed by atoms with van der Waals surface area (Å²) in [7, 11) is 0. The zero-order valence-corrected chi connectivity index (χ0v) is 10.1. The van der Waals surface area contributed by atoms with E-state index < -0.39 is 0 Å². The van der Waals surface area contributed by atoms with Crippen molar-refractivity contribution in [3.63, 3.8) is 0 Å². The summed E-state index contributed by atoms with van der Waals surface area (Å²) in [6, 6.07) is 15.1. The Morgan fingerprint density at radius 2 is 1.88 bits per heavy atom. The highest BCUT2D eigenvalue weighted by atomic mass is 19.1. The van der Waals surface area contributed by atoms with Gasteiger partial charge in [-0.05, 0) is 42.3 Å². The summed E-state index contributed by atoms with van der Waals surface area (Å²) in [5, 5.41) is 5.84. The van der Waals surface area contributed by atoms with Crippen molar-refractivity contribution in [2.75, 3.05) is 13.2 Å². The zero-order valence-electron chi connectivity index (χ0n) is 10.1. The number of hydrogen-bond donors (Lipinski definition) is 1. The molecular formula is C15H18FN. The van der Waals surface area contributed by atoms with Crippen LogP contribution in [-0.4, -0.2) is 13.2 Å². The summed E-state index contributed by atoms with van der Waals surface area (Å²) >= 11 is 0. The molecule has 2 heteroatoms. The van der Waals surface area contributed by atoms with E-state index >= 15 is 0 Å². The fraction of sp³-hybridized carbons (Fsp3) is 0.333. The average molecular weight is 231 g/mol. The van der Waals surface area contributed by atoms with E-state index in [1.807, 2.05) is 12.1 Å². The molecule has 0 fully saturated rings. The molecule has 0 aliphatic carbocycles. The number of fused-ring (bicyclic) bond motifs is 1. The lowest BCUT2D eigenvalue weighted by Crippen LogP contribution is -2.20. The molecule has 1 unspecified atom stereocenters. The van der Waals surface area contributed by atoms with Gasteiger partial charge >= 0.3 is 0 Å². The largest absolute Gasteiger partial charge is 0.310 e. The number of rotatable bonds is 5. The molecule has 0 amide bonds. The van der Waals surface area contributed by atoms with Crippen LogP contribution >= 0.6 is 0 Å². The van der Waals surface area contributed by atoms with Crippen molar-refractivity contribution in [3.8, 4) is 0 Å². The summed E-state index contributed by atoms with van der Waals surface area (Å²) in [5.74, 6) is 0. The molecule has 2 aromatic rings. The highest BCUT2D eigenvalue weighted by molar-refractivity contribution is 5.83. The van der Waals surface area contributed by atoms with E-state index in [-0.39, 0.29) is 12.7 Å². The molecule has 0 saturated heterocycles. The van der Waals surface area contributed by atoms with Crippen molar-refractivity contribution >= 4 is 10.8 Å². The van der Waals surface area contributed by atoms with Crippen molar-refractivity contribution in [2.45, 2.75) is 19.4 Å². The summed E-state index contributed by atoms with van der Waals surface area (Å²) < 4.78 is 12.0. The van der Waals surface area contributed by atoms with Gasteiger partial charge in [0, 0.05) is 6.04 Å². The van der Waals surface area contributed by atoms with E-state index in [2.05, 4.69) is 42.6 Å². The van der Waals surface area contributed by atoms with E-state index in [0.29, 0.717) is 6.42 Å². The van der Waals surface area contributed by atoms with Crippen LogP contribution in [0.1, 0.15) is 24.9 Å². The highest BCUT2D eigenvalue weighted by Crippen LogP contribution is 2.20. The molecule has 0 aromatic heterocycles. The maximum atomic E-state index is 12.0. The summed E-state index contributed by atoms with van der Waals surface area (Å²) in [4.78, 5) is 0. The van der Waals surface area contributed by atoms with E-state index in [1.54, 1.807) is 0 Å². The molecule has 0 radical (unpaired) electrons. The van der Waals surface area contributed by atoms with Crippen molar-refractivity contribution in [2.24, 2.45) is 0 Å². The number of alkyl halides is 1. The van der Waals surface area contributed by atoms with Crippen LogP contribution in [0.25, 0.3) is 10.8 Å². The lowest BCUT2D eigenvalue weighted by atomic mass is 10.0. The van der Waals surface area contributed by atoms with Gasteiger partial charge in [0.1, 0.15) is 0 Å². The number of halogens is 1. The van der Waals surface area contributed by atoms with Gasteiger partial charge in [-0.1, -0.05) is 36.4 Å². The molecule has 17 heavy (non-hydrogen) atoms. The second kappa shape index (κ2) is 5.78. The molecule has 0 aliphatic heterocycles. The van der Waals surface area contributed by atoms with Gasteiger partial charge < -0.3 is 5.32 Å². The van der Waals surface area contributed by atoms with Crippen LogP contribution in [-0.2, 0) is 0 Å². The quantitative estimate of drug-likeness (QED) is 0.771. The molecule has 0 bridgehead atoms. The molecule has 90 valence electrons. The second-order valence-corrected chi connectivity index (χ2v) is 4.32. The Kier molecular flexibility index (Phi) is 4.10. The minimum Gasteiger partial charge on any atom is -0.310 e. The Balaban J connectivity index is 2.12. The summed E-state index contributed by atoms with van der Waals surface area (Å²) in [6.07, 6.45) is 0.581. The van der Waals surface area contributed by atoms with Crippen LogP contribution in [0.3, 0.4) is 0 Å². The molecule has 2 aromatic carbocycles. The van der Waals surface area contributed by atoms with Gasteiger partial charge in [0.2, 0.25) is 0 Å². The molecule has 1 nitrogen and oxygen atoms in total. The van der Waals surface area contributed by atoms with Crippen molar-refractivity contribution in [3.05, 3.63) is 48.0 Å². The van der Waals surface area contributed by atoms with Crippen molar-refractivity contribution < 1.29 is 4.39 Å². The van der Waals surface area contributed by atoms with E-state index in [1.165, 1.54) is 16.3 Å². The van der Waals surface area contributed by atoms with Gasteiger partial charge in [-0.25, -0.2) is 0 Å². The monoisotopic (exact) mass is 231 g/mol. The van der Waals surface area contributed by atoms with Gasteiger partial charge in [0.15, 0.2) is 0 Å². The lowest BCUT2D eigenvalue weighted by molar-refractivity contribution is 0.446. The third-order valence-corrected chi connectivity index (χ3v) is 3.03. The molecule has 0 heterocycles. The topological polar surface area (TPSA) is 12.0 Å². The predicted octanol–water partition coefficient (Wildman–Crippen LogP) is 3.85. The standard InChI is InChI=1S/C15H18FN/c1-12(17-10-4-9-16)14-8-7-13-5-2-3-6-15(13)11-14/h2-3,5-8,11-12,17H,4,9-10H2,1H3. The molecule has 1 N–H and O–H groups in total. The van der Waals surface area contributed by atoms with Crippen LogP contribution in [0.2, 0.25) is 0 Å². The smallest absolute Gasteiger partial charge is 0.0906 e. The first-order chi connectivity index (χ1) is 8.31. The summed E-state index contributed by atoms with van der Waals surface area (Å²) in [6.45, 7) is 2.59. The van der Waals surface area contributed by atoms with Crippen molar-refractivity contribution in [1.82, 2.24) is 5.32 Å². The Hall–Kier alpha value is -1.41. The Labute approximate surface area is 102 Å². The van der Waals surface area contributed by atoms with Gasteiger partial charge in [-0.3, -0.25) is 4.39 Å².